The summed E-state index contributed by atoms with van der Waals surface area (Å²) in [5.74, 6) is 0. The first kappa shape index (κ1) is 14.5. The molecule has 0 spiro atoms. The first-order valence-electron chi connectivity index (χ1n) is 7.71. The highest BCUT2D eigenvalue weighted by molar-refractivity contribution is 6.42. The van der Waals surface area contributed by atoms with E-state index in [2.05, 4.69) is 22.3 Å². The fourth-order valence-corrected chi connectivity index (χ4v) is 4.14. The average Bonchev–Trinajstić information content (AvgIpc) is 3.05. The molecule has 22 heavy (non-hydrogen) atoms. The highest BCUT2D eigenvalue weighted by Gasteiger charge is 2.39. The Kier molecular flexibility index (Phi) is 3.63. The number of nitrogens with zero attached hydrogens (tertiary/aromatic N) is 4. The molecular weight excluding hydrogens is 319 g/mol. The van der Waals surface area contributed by atoms with E-state index in [1.807, 2.05) is 23.0 Å². The van der Waals surface area contributed by atoms with E-state index >= 15 is 0 Å². The predicted octanol–water partition coefficient (Wildman–Crippen LogP) is 4.05. The molecule has 0 amide bonds. The number of piperidine rings is 1. The molecule has 4 rings (SSSR count). The van der Waals surface area contributed by atoms with Gasteiger partial charge in [-0.15, -0.1) is 5.10 Å². The Balaban J connectivity index is 1.58. The lowest BCUT2D eigenvalue weighted by Crippen LogP contribution is -2.40. The summed E-state index contributed by atoms with van der Waals surface area (Å²) in [4.78, 5) is 2.54. The molecular formula is C16H18Cl2N4. The Labute approximate surface area is 140 Å². The van der Waals surface area contributed by atoms with E-state index < -0.39 is 0 Å². The summed E-state index contributed by atoms with van der Waals surface area (Å²) in [5, 5.41) is 9.79. The molecule has 0 unspecified atom stereocenters. The van der Waals surface area contributed by atoms with Crippen molar-refractivity contribution in [3.8, 4) is 11.3 Å². The van der Waals surface area contributed by atoms with Crippen molar-refractivity contribution in [3.63, 3.8) is 0 Å². The van der Waals surface area contributed by atoms with Crippen LogP contribution >= 0.6 is 23.2 Å². The van der Waals surface area contributed by atoms with Crippen molar-refractivity contribution in [2.24, 2.45) is 0 Å². The van der Waals surface area contributed by atoms with Gasteiger partial charge in [-0.3, -0.25) is 0 Å². The normalized spacial score (nSPS) is 28.2. The van der Waals surface area contributed by atoms with E-state index in [1.54, 1.807) is 6.07 Å². The first-order chi connectivity index (χ1) is 10.6. The lowest BCUT2D eigenvalue weighted by Gasteiger charge is -2.36. The highest BCUT2D eigenvalue weighted by Crippen LogP contribution is 2.39. The van der Waals surface area contributed by atoms with Crippen molar-refractivity contribution in [1.82, 2.24) is 19.9 Å². The molecule has 2 aliphatic rings. The molecule has 0 aliphatic carbocycles. The second-order valence-electron chi connectivity index (χ2n) is 6.39. The standard InChI is InChI=1S/C16H18Cl2N4/c1-21-11-3-4-12(21)8-13(7-11)22-9-16(19-20-22)10-2-5-14(17)15(18)6-10/h2,5-6,9,11-13H,3-4,7-8H2,1H3/t11-,12+,13+. The Morgan fingerprint density at radius 2 is 1.77 bits per heavy atom. The molecule has 2 aromatic rings. The van der Waals surface area contributed by atoms with Crippen LogP contribution in [0.3, 0.4) is 0 Å². The van der Waals surface area contributed by atoms with E-state index in [4.69, 9.17) is 23.2 Å². The molecule has 2 fully saturated rings. The van der Waals surface area contributed by atoms with Crippen LogP contribution in [0.15, 0.2) is 24.4 Å². The second-order valence-corrected chi connectivity index (χ2v) is 7.20. The van der Waals surface area contributed by atoms with E-state index in [-0.39, 0.29) is 0 Å². The van der Waals surface area contributed by atoms with Gasteiger partial charge in [0.1, 0.15) is 5.69 Å². The minimum Gasteiger partial charge on any atom is -0.300 e. The molecule has 4 nitrogen and oxygen atoms in total. The van der Waals surface area contributed by atoms with Crippen LogP contribution in [-0.4, -0.2) is 39.0 Å². The van der Waals surface area contributed by atoms with Gasteiger partial charge in [0.15, 0.2) is 0 Å². The number of hydrogen-bond acceptors (Lipinski definition) is 3. The monoisotopic (exact) mass is 336 g/mol. The van der Waals surface area contributed by atoms with Crippen LogP contribution in [0.2, 0.25) is 10.0 Å². The number of benzene rings is 1. The third kappa shape index (κ3) is 2.43. The van der Waals surface area contributed by atoms with Crippen LogP contribution in [0.1, 0.15) is 31.7 Å². The fourth-order valence-electron chi connectivity index (χ4n) is 3.84. The molecule has 2 saturated heterocycles. The van der Waals surface area contributed by atoms with Crippen LogP contribution in [-0.2, 0) is 0 Å². The lowest BCUT2D eigenvalue weighted by molar-refractivity contribution is 0.130. The third-order valence-corrected chi connectivity index (χ3v) is 5.91. The molecule has 2 bridgehead atoms. The summed E-state index contributed by atoms with van der Waals surface area (Å²) in [6, 6.07) is 7.42. The number of hydrogen-bond donors (Lipinski definition) is 0. The predicted molar refractivity (Wildman–Crippen MR) is 88.3 cm³/mol. The van der Waals surface area contributed by atoms with Gasteiger partial charge in [0.25, 0.3) is 0 Å². The van der Waals surface area contributed by atoms with Crippen LogP contribution in [0.4, 0.5) is 0 Å². The van der Waals surface area contributed by atoms with E-state index in [0.29, 0.717) is 28.2 Å². The molecule has 0 radical (unpaired) electrons. The van der Waals surface area contributed by atoms with Gasteiger partial charge in [0.05, 0.1) is 22.3 Å². The van der Waals surface area contributed by atoms with Gasteiger partial charge >= 0.3 is 0 Å². The largest absolute Gasteiger partial charge is 0.300 e. The summed E-state index contributed by atoms with van der Waals surface area (Å²) in [6.45, 7) is 0. The minimum atomic E-state index is 0.456. The number of rotatable bonds is 2. The van der Waals surface area contributed by atoms with Gasteiger partial charge in [0.2, 0.25) is 0 Å². The molecule has 116 valence electrons. The lowest BCUT2D eigenvalue weighted by atomic mass is 9.98. The molecule has 2 aliphatic heterocycles. The van der Waals surface area contributed by atoms with Crippen LogP contribution < -0.4 is 0 Å². The number of fused-ring (bicyclic) bond motifs is 2. The van der Waals surface area contributed by atoms with Gasteiger partial charge in [-0.05, 0) is 44.9 Å². The SMILES string of the molecule is CN1[C@@H]2CC[C@H]1C[C@@H](n1cc(-c3ccc(Cl)c(Cl)c3)nn1)C2. The Morgan fingerprint density at radius 3 is 2.45 bits per heavy atom. The zero-order valence-electron chi connectivity index (χ0n) is 12.4. The van der Waals surface area contributed by atoms with Crippen molar-refractivity contribution in [1.29, 1.82) is 0 Å². The maximum absolute atomic E-state index is 6.09. The van der Waals surface area contributed by atoms with E-state index in [9.17, 15) is 0 Å². The average molecular weight is 337 g/mol. The van der Waals surface area contributed by atoms with E-state index in [0.717, 1.165) is 24.1 Å². The highest BCUT2D eigenvalue weighted by atomic mass is 35.5. The summed E-state index contributed by atoms with van der Waals surface area (Å²) in [5.41, 5.74) is 1.81. The molecule has 1 aromatic heterocycles. The third-order valence-electron chi connectivity index (χ3n) is 5.17. The Morgan fingerprint density at radius 1 is 1.05 bits per heavy atom. The van der Waals surface area contributed by atoms with Gasteiger partial charge in [-0.1, -0.05) is 34.5 Å². The molecule has 3 atom stereocenters. The zero-order valence-corrected chi connectivity index (χ0v) is 13.9. The van der Waals surface area contributed by atoms with Gasteiger partial charge in [0, 0.05) is 17.6 Å². The quantitative estimate of drug-likeness (QED) is 0.829. The second kappa shape index (κ2) is 5.52. The molecule has 0 N–H and O–H groups in total. The van der Waals surface area contributed by atoms with Crippen LogP contribution in [0, 0.1) is 0 Å². The molecule has 6 heteroatoms. The van der Waals surface area contributed by atoms with Crippen molar-refractivity contribution in [2.75, 3.05) is 7.05 Å². The maximum Gasteiger partial charge on any atom is 0.113 e. The first-order valence-corrected chi connectivity index (χ1v) is 8.46. The van der Waals surface area contributed by atoms with Crippen molar-refractivity contribution < 1.29 is 0 Å². The van der Waals surface area contributed by atoms with E-state index in [1.165, 1.54) is 12.8 Å². The number of halogens is 2. The minimum absolute atomic E-state index is 0.456. The molecule has 1 aromatic carbocycles. The van der Waals surface area contributed by atoms with Crippen LogP contribution in [0.25, 0.3) is 11.3 Å². The van der Waals surface area contributed by atoms with Crippen LogP contribution in [0.5, 0.6) is 0 Å². The summed E-state index contributed by atoms with van der Waals surface area (Å²) < 4.78 is 2.04. The van der Waals surface area contributed by atoms with Crippen molar-refractivity contribution in [3.05, 3.63) is 34.4 Å². The Hall–Kier alpha value is -1.10. The Bertz CT molecular complexity index is 685. The van der Waals surface area contributed by atoms with Gasteiger partial charge in [-0.25, -0.2) is 4.68 Å². The zero-order chi connectivity index (χ0) is 15.3. The fraction of sp³-hybridized carbons (Fsp3) is 0.500. The summed E-state index contributed by atoms with van der Waals surface area (Å²) in [6.07, 6.45) is 6.99. The maximum atomic E-state index is 6.09. The van der Waals surface area contributed by atoms with Gasteiger partial charge in [-0.2, -0.15) is 0 Å². The molecule has 0 saturated carbocycles. The van der Waals surface area contributed by atoms with Crippen molar-refractivity contribution in [2.45, 2.75) is 43.8 Å². The summed E-state index contributed by atoms with van der Waals surface area (Å²) >= 11 is 12.1. The topological polar surface area (TPSA) is 34.0 Å². The van der Waals surface area contributed by atoms with Crippen molar-refractivity contribution >= 4 is 23.2 Å². The van der Waals surface area contributed by atoms with Gasteiger partial charge < -0.3 is 4.90 Å². The summed E-state index contributed by atoms with van der Waals surface area (Å²) in [7, 11) is 2.25. The number of aromatic nitrogens is 3. The smallest absolute Gasteiger partial charge is 0.113 e. The molecule has 3 heterocycles.